The number of H-pyrrole nitrogens is 4. The first-order chi connectivity index (χ1) is 20.5. The van der Waals surface area contributed by atoms with Gasteiger partial charge in [-0.25, -0.2) is 4.39 Å². The van der Waals surface area contributed by atoms with E-state index in [4.69, 9.17) is 11.6 Å². The summed E-state index contributed by atoms with van der Waals surface area (Å²) >= 11 is 5.80. The maximum atomic E-state index is 13.0. The number of pyridine rings is 1. The van der Waals surface area contributed by atoms with Crippen molar-refractivity contribution < 1.29 is 4.39 Å². The van der Waals surface area contributed by atoms with Crippen LogP contribution in [0.1, 0.15) is 0 Å². The molecule has 0 aliphatic heterocycles. The van der Waals surface area contributed by atoms with E-state index in [1.807, 2.05) is 60.7 Å². The second-order valence-corrected chi connectivity index (χ2v) is 9.01. The van der Waals surface area contributed by atoms with E-state index >= 15 is 0 Å². The highest BCUT2D eigenvalue weighted by atomic mass is 35.5. The first kappa shape index (κ1) is 27.8. The van der Waals surface area contributed by atoms with E-state index in [2.05, 4.69) is 45.8 Å². The molecule has 3 aromatic heterocycles. The van der Waals surface area contributed by atoms with Gasteiger partial charge in [0.2, 0.25) is 0 Å². The summed E-state index contributed by atoms with van der Waals surface area (Å²) in [6.45, 7) is 0. The molecule has 0 saturated carbocycles. The summed E-state index contributed by atoms with van der Waals surface area (Å²) in [5.41, 5.74) is 3.31. The third kappa shape index (κ3) is 6.87. The fraction of sp³-hybridized carbons (Fsp3) is 0. The molecule has 6 aromatic rings. The topological polar surface area (TPSA) is 160 Å². The van der Waals surface area contributed by atoms with Crippen molar-refractivity contribution in [3.8, 4) is 22.5 Å². The number of aromatic nitrogens is 5. The number of nitrogens with one attached hydrogen (secondary N) is 4. The van der Waals surface area contributed by atoms with E-state index in [0.29, 0.717) is 33.3 Å². The van der Waals surface area contributed by atoms with E-state index in [-0.39, 0.29) is 22.8 Å². The molecule has 3 aromatic carbocycles. The second kappa shape index (κ2) is 13.1. The van der Waals surface area contributed by atoms with E-state index in [9.17, 15) is 14.0 Å². The van der Waals surface area contributed by atoms with Crippen molar-refractivity contribution in [1.29, 1.82) is 0 Å². The summed E-state index contributed by atoms with van der Waals surface area (Å²) in [7, 11) is 0. The molecule has 0 saturated heterocycles. The van der Waals surface area contributed by atoms with Gasteiger partial charge in [0.1, 0.15) is 11.5 Å². The van der Waals surface area contributed by atoms with Crippen LogP contribution in [0.3, 0.4) is 0 Å². The Morgan fingerprint density at radius 3 is 1.69 bits per heavy atom. The molecule has 0 atom stereocenters. The molecular formula is C29H21ClFN9O2. The highest BCUT2D eigenvalue weighted by Crippen LogP contribution is 2.28. The molecule has 3 heterocycles. The predicted molar refractivity (Wildman–Crippen MR) is 158 cm³/mol. The van der Waals surface area contributed by atoms with Crippen LogP contribution in [0.4, 0.5) is 27.1 Å². The molecular weight excluding hydrogens is 561 g/mol. The average Bonchev–Trinajstić information content (AvgIpc) is 3.58. The molecule has 11 nitrogen and oxygen atoms in total. The summed E-state index contributed by atoms with van der Waals surface area (Å²) in [6, 6.07) is 26.0. The first-order valence-corrected chi connectivity index (χ1v) is 12.8. The summed E-state index contributed by atoms with van der Waals surface area (Å²) in [6.07, 6.45) is 2.93. The fourth-order valence-electron chi connectivity index (χ4n) is 3.70. The first-order valence-electron chi connectivity index (χ1n) is 12.4. The number of azo groups is 2. The smallest absolute Gasteiger partial charge is 0.292 e. The third-order valence-corrected chi connectivity index (χ3v) is 5.89. The largest absolute Gasteiger partial charge is 0.295 e. The summed E-state index contributed by atoms with van der Waals surface area (Å²) < 4.78 is 13.0. The Labute approximate surface area is 241 Å². The second-order valence-electron chi connectivity index (χ2n) is 8.58. The van der Waals surface area contributed by atoms with Crippen LogP contribution in [-0.2, 0) is 0 Å². The van der Waals surface area contributed by atoms with E-state index < -0.39 is 5.56 Å². The highest BCUT2D eigenvalue weighted by molar-refractivity contribution is 6.30. The minimum atomic E-state index is -0.432. The summed E-state index contributed by atoms with van der Waals surface area (Å²) in [5, 5.41) is 26.9. The number of rotatable bonds is 6. The standard InChI is InChI=1S/C15H12N4O.C14H9ClFN5O/c20-15-14(18-16-12-9-5-2-6-10-12)13(17-19-15)11-7-3-1-4-8-11;15-9-5-11(7-17-6-9)18-20-13-12(19-21-14(13)22)8-1-3-10(16)4-2-8/h1-10H,(H2,17,19,20);1-7H,(H2,19,21,22). The molecule has 208 valence electrons. The number of benzene rings is 3. The summed E-state index contributed by atoms with van der Waals surface area (Å²) in [5.74, 6) is -0.366. The zero-order valence-corrected chi connectivity index (χ0v) is 22.4. The monoisotopic (exact) mass is 581 g/mol. The van der Waals surface area contributed by atoms with Crippen LogP contribution in [0.25, 0.3) is 22.5 Å². The zero-order chi connectivity index (χ0) is 29.3. The van der Waals surface area contributed by atoms with Gasteiger partial charge in [-0.15, -0.1) is 15.3 Å². The number of hydrogen-bond donors (Lipinski definition) is 4. The van der Waals surface area contributed by atoms with Crippen molar-refractivity contribution in [2.75, 3.05) is 0 Å². The van der Waals surface area contributed by atoms with Gasteiger partial charge in [0.15, 0.2) is 11.4 Å². The van der Waals surface area contributed by atoms with E-state index in [1.54, 1.807) is 6.07 Å². The molecule has 0 aliphatic carbocycles. The number of halogens is 2. The zero-order valence-electron chi connectivity index (χ0n) is 21.6. The Morgan fingerprint density at radius 2 is 1.12 bits per heavy atom. The molecule has 42 heavy (non-hydrogen) atoms. The van der Waals surface area contributed by atoms with Gasteiger partial charge in [0, 0.05) is 17.3 Å². The van der Waals surface area contributed by atoms with Crippen molar-refractivity contribution in [2.24, 2.45) is 20.5 Å². The van der Waals surface area contributed by atoms with Gasteiger partial charge in [0.25, 0.3) is 11.1 Å². The Morgan fingerprint density at radius 1 is 0.595 bits per heavy atom. The maximum Gasteiger partial charge on any atom is 0.292 e. The molecule has 0 spiro atoms. The van der Waals surface area contributed by atoms with Gasteiger partial charge >= 0.3 is 0 Å². The van der Waals surface area contributed by atoms with E-state index in [0.717, 1.165) is 5.56 Å². The lowest BCUT2D eigenvalue weighted by molar-refractivity contribution is 0.628. The van der Waals surface area contributed by atoms with Crippen LogP contribution >= 0.6 is 11.6 Å². The lowest BCUT2D eigenvalue weighted by Gasteiger charge is -1.98. The van der Waals surface area contributed by atoms with Crippen LogP contribution in [0.2, 0.25) is 5.02 Å². The van der Waals surface area contributed by atoms with E-state index in [1.165, 1.54) is 36.7 Å². The van der Waals surface area contributed by atoms with Gasteiger partial charge < -0.3 is 0 Å². The molecule has 0 radical (unpaired) electrons. The van der Waals surface area contributed by atoms with Gasteiger partial charge in [-0.1, -0.05) is 60.1 Å². The van der Waals surface area contributed by atoms with Crippen molar-refractivity contribution in [1.82, 2.24) is 25.4 Å². The number of hydrogen-bond acceptors (Lipinski definition) is 7. The number of nitrogens with zero attached hydrogens (tertiary/aromatic N) is 5. The average molecular weight is 582 g/mol. The van der Waals surface area contributed by atoms with Gasteiger partial charge in [-0.05, 0) is 42.5 Å². The van der Waals surface area contributed by atoms with Crippen LogP contribution in [0.15, 0.2) is 133 Å². The molecule has 4 N–H and O–H groups in total. The molecule has 6 rings (SSSR count). The lowest BCUT2D eigenvalue weighted by Crippen LogP contribution is -1.96. The quantitative estimate of drug-likeness (QED) is 0.148. The molecule has 0 bridgehead atoms. The highest BCUT2D eigenvalue weighted by Gasteiger charge is 2.12. The van der Waals surface area contributed by atoms with Crippen molar-refractivity contribution in [2.45, 2.75) is 0 Å². The third-order valence-electron chi connectivity index (χ3n) is 5.68. The lowest BCUT2D eigenvalue weighted by atomic mass is 10.1. The minimum absolute atomic E-state index is 0.0894. The molecule has 0 aliphatic rings. The van der Waals surface area contributed by atoms with Crippen LogP contribution in [-0.4, -0.2) is 25.4 Å². The van der Waals surface area contributed by atoms with Crippen LogP contribution < -0.4 is 11.1 Å². The Bertz CT molecular complexity index is 1950. The predicted octanol–water partition coefficient (Wildman–Crippen LogP) is 7.76. The fourth-order valence-corrected chi connectivity index (χ4v) is 3.87. The molecule has 0 fully saturated rings. The Balaban J connectivity index is 0.000000169. The van der Waals surface area contributed by atoms with Gasteiger partial charge in [-0.3, -0.25) is 35.0 Å². The number of aromatic amines is 4. The normalized spacial score (nSPS) is 11.1. The maximum absolute atomic E-state index is 13.0. The van der Waals surface area contributed by atoms with Gasteiger partial charge in [-0.2, -0.15) is 5.11 Å². The molecule has 0 unspecified atom stereocenters. The van der Waals surface area contributed by atoms with Crippen molar-refractivity contribution in [3.05, 3.63) is 135 Å². The molecule has 0 amide bonds. The van der Waals surface area contributed by atoms with Gasteiger partial charge in [0.05, 0.1) is 28.3 Å². The SMILES string of the molecule is O=c1[nH][nH]c(-c2ccc(F)cc2)c1N=Nc1cncc(Cl)c1.O=c1[nH][nH]c(-c2ccccc2)c1N=Nc1ccccc1. The Kier molecular flexibility index (Phi) is 8.65. The Hall–Kier alpha value is -5.75. The minimum Gasteiger partial charge on any atom is -0.295 e. The van der Waals surface area contributed by atoms with Crippen molar-refractivity contribution in [3.63, 3.8) is 0 Å². The molecule has 13 heteroatoms. The summed E-state index contributed by atoms with van der Waals surface area (Å²) in [4.78, 5) is 27.5. The van der Waals surface area contributed by atoms with Crippen LogP contribution in [0, 0.1) is 5.82 Å². The van der Waals surface area contributed by atoms with Crippen molar-refractivity contribution >= 4 is 34.4 Å². The van der Waals surface area contributed by atoms with Crippen LogP contribution in [0.5, 0.6) is 0 Å².